The molecule has 0 spiro atoms. The number of aromatic nitrogens is 2. The summed E-state index contributed by atoms with van der Waals surface area (Å²) in [6, 6.07) is 7.35. The van der Waals surface area contributed by atoms with Crippen LogP contribution in [-0.4, -0.2) is 29.0 Å². The Bertz CT molecular complexity index is 557. The molecule has 0 radical (unpaired) electrons. The lowest BCUT2D eigenvalue weighted by Gasteiger charge is -2.07. The first-order chi connectivity index (χ1) is 9.79. The van der Waals surface area contributed by atoms with Gasteiger partial charge in [-0.3, -0.25) is 9.78 Å². The van der Waals surface area contributed by atoms with E-state index in [4.69, 9.17) is 0 Å². The van der Waals surface area contributed by atoms with E-state index in [-0.39, 0.29) is 5.91 Å². The van der Waals surface area contributed by atoms with E-state index in [9.17, 15) is 4.79 Å². The van der Waals surface area contributed by atoms with Gasteiger partial charge in [0.05, 0.1) is 0 Å². The van der Waals surface area contributed by atoms with E-state index >= 15 is 0 Å². The Morgan fingerprint density at radius 2 is 2.20 bits per heavy atom. The van der Waals surface area contributed by atoms with Gasteiger partial charge in [0.25, 0.3) is 5.91 Å². The number of nitrogens with one attached hydrogen (secondary N) is 2. The molecule has 2 aromatic rings. The number of carbonyl (C=O) groups is 1. The molecule has 1 amide bonds. The zero-order valence-corrected chi connectivity index (χ0v) is 11.5. The van der Waals surface area contributed by atoms with Crippen LogP contribution in [0.15, 0.2) is 42.9 Å². The molecule has 0 saturated heterocycles. The highest BCUT2D eigenvalue weighted by Crippen LogP contribution is 2.06. The predicted molar refractivity (Wildman–Crippen MR) is 78.7 cm³/mol. The minimum absolute atomic E-state index is 0.0876. The molecular formula is C15H18N4O. The largest absolute Gasteiger partial charge is 0.370 e. The Balaban J connectivity index is 1.87. The predicted octanol–water partition coefficient (Wildman–Crippen LogP) is 1.88. The van der Waals surface area contributed by atoms with Crippen LogP contribution in [0, 0.1) is 0 Å². The summed E-state index contributed by atoms with van der Waals surface area (Å²) >= 11 is 0. The molecule has 104 valence electrons. The molecule has 0 fully saturated rings. The summed E-state index contributed by atoms with van der Waals surface area (Å²) in [6.45, 7) is 3.35. The van der Waals surface area contributed by atoms with Crippen LogP contribution in [0.5, 0.6) is 0 Å². The molecule has 0 aliphatic rings. The number of hydrogen-bond donors (Lipinski definition) is 2. The van der Waals surface area contributed by atoms with Gasteiger partial charge in [-0.25, -0.2) is 4.98 Å². The summed E-state index contributed by atoms with van der Waals surface area (Å²) in [5.41, 5.74) is 1.72. The first kappa shape index (κ1) is 14.0. The topological polar surface area (TPSA) is 66.9 Å². The number of nitrogens with zero attached hydrogens (tertiary/aromatic N) is 2. The fourth-order valence-corrected chi connectivity index (χ4v) is 1.82. The van der Waals surface area contributed by atoms with Gasteiger partial charge in [0.1, 0.15) is 5.82 Å². The molecule has 2 N–H and O–H groups in total. The minimum Gasteiger partial charge on any atom is -0.370 e. The van der Waals surface area contributed by atoms with Crippen LogP contribution in [-0.2, 0) is 6.42 Å². The van der Waals surface area contributed by atoms with Crippen LogP contribution >= 0.6 is 0 Å². The van der Waals surface area contributed by atoms with Crippen molar-refractivity contribution in [3.05, 3.63) is 54.0 Å². The molecule has 2 aromatic heterocycles. The average molecular weight is 270 g/mol. The van der Waals surface area contributed by atoms with Gasteiger partial charge in [-0.1, -0.05) is 6.07 Å². The SMILES string of the molecule is CCNc1cc(C(=O)NCCc2cccnc2)ccn1. The van der Waals surface area contributed by atoms with Gasteiger partial charge < -0.3 is 10.6 Å². The monoisotopic (exact) mass is 270 g/mol. The molecule has 2 heterocycles. The van der Waals surface area contributed by atoms with E-state index < -0.39 is 0 Å². The fourth-order valence-electron chi connectivity index (χ4n) is 1.82. The van der Waals surface area contributed by atoms with E-state index in [1.807, 2.05) is 25.3 Å². The van der Waals surface area contributed by atoms with Crippen LogP contribution in [0.4, 0.5) is 5.82 Å². The lowest BCUT2D eigenvalue weighted by atomic mass is 10.2. The van der Waals surface area contributed by atoms with Crippen molar-refractivity contribution in [1.82, 2.24) is 15.3 Å². The smallest absolute Gasteiger partial charge is 0.251 e. The first-order valence-electron chi connectivity index (χ1n) is 6.66. The van der Waals surface area contributed by atoms with E-state index in [1.54, 1.807) is 24.5 Å². The Morgan fingerprint density at radius 1 is 1.30 bits per heavy atom. The highest BCUT2D eigenvalue weighted by atomic mass is 16.1. The number of hydrogen-bond acceptors (Lipinski definition) is 4. The van der Waals surface area contributed by atoms with Gasteiger partial charge in [-0.15, -0.1) is 0 Å². The summed E-state index contributed by atoms with van der Waals surface area (Å²) in [4.78, 5) is 20.2. The molecule has 5 nitrogen and oxygen atoms in total. The molecule has 20 heavy (non-hydrogen) atoms. The van der Waals surface area contributed by atoms with Crippen molar-refractivity contribution in [3.63, 3.8) is 0 Å². The molecule has 0 bridgehead atoms. The van der Waals surface area contributed by atoms with Gasteiger partial charge in [0.2, 0.25) is 0 Å². The first-order valence-corrected chi connectivity index (χ1v) is 6.66. The number of pyridine rings is 2. The quantitative estimate of drug-likeness (QED) is 0.841. The summed E-state index contributed by atoms with van der Waals surface area (Å²) in [5.74, 6) is 0.628. The molecule has 0 atom stereocenters. The second kappa shape index (κ2) is 7.23. The van der Waals surface area contributed by atoms with Crippen LogP contribution in [0.2, 0.25) is 0 Å². The zero-order valence-electron chi connectivity index (χ0n) is 11.5. The van der Waals surface area contributed by atoms with Crippen molar-refractivity contribution in [3.8, 4) is 0 Å². The molecule has 0 aliphatic heterocycles. The second-order valence-corrected chi connectivity index (χ2v) is 4.33. The van der Waals surface area contributed by atoms with Crippen molar-refractivity contribution in [2.45, 2.75) is 13.3 Å². The maximum atomic E-state index is 12.0. The van der Waals surface area contributed by atoms with Crippen molar-refractivity contribution >= 4 is 11.7 Å². The van der Waals surface area contributed by atoms with Crippen LogP contribution < -0.4 is 10.6 Å². The molecule has 0 aromatic carbocycles. The van der Waals surface area contributed by atoms with E-state index in [1.165, 1.54) is 0 Å². The summed E-state index contributed by atoms with van der Waals surface area (Å²) in [6.07, 6.45) is 5.95. The molecule has 0 saturated carbocycles. The van der Waals surface area contributed by atoms with Crippen molar-refractivity contribution < 1.29 is 4.79 Å². The molecule has 5 heteroatoms. The summed E-state index contributed by atoms with van der Waals surface area (Å²) in [7, 11) is 0. The van der Waals surface area contributed by atoms with E-state index in [2.05, 4.69) is 20.6 Å². The molecular weight excluding hydrogens is 252 g/mol. The zero-order chi connectivity index (χ0) is 14.2. The standard InChI is InChI=1S/C15H18N4O/c1-2-17-14-10-13(6-9-18-14)15(20)19-8-5-12-4-3-7-16-11-12/h3-4,6-7,9-11H,2,5,8H2,1H3,(H,17,18)(H,19,20). The number of anilines is 1. The minimum atomic E-state index is -0.0876. The van der Waals surface area contributed by atoms with Crippen LogP contribution in [0.25, 0.3) is 0 Å². The lowest BCUT2D eigenvalue weighted by molar-refractivity contribution is 0.0954. The third-order valence-corrected chi connectivity index (χ3v) is 2.80. The Labute approximate surface area is 118 Å². The highest BCUT2D eigenvalue weighted by Gasteiger charge is 2.06. The third kappa shape index (κ3) is 4.05. The molecule has 0 aliphatic carbocycles. The maximum Gasteiger partial charge on any atom is 0.251 e. The maximum absolute atomic E-state index is 12.0. The summed E-state index contributed by atoms with van der Waals surface area (Å²) in [5, 5.41) is 5.98. The van der Waals surface area contributed by atoms with Crippen molar-refractivity contribution in [1.29, 1.82) is 0 Å². The second-order valence-electron chi connectivity index (χ2n) is 4.33. The van der Waals surface area contributed by atoms with Gasteiger partial charge in [-0.05, 0) is 37.1 Å². The number of carbonyl (C=O) groups excluding carboxylic acids is 1. The van der Waals surface area contributed by atoms with Gasteiger partial charge in [0.15, 0.2) is 0 Å². The Kier molecular flexibility index (Phi) is 5.06. The van der Waals surface area contributed by atoms with Crippen LogP contribution in [0.1, 0.15) is 22.8 Å². The Morgan fingerprint density at radius 3 is 2.95 bits per heavy atom. The van der Waals surface area contributed by atoms with Crippen molar-refractivity contribution in [2.75, 3.05) is 18.4 Å². The summed E-state index contributed by atoms with van der Waals surface area (Å²) < 4.78 is 0. The van der Waals surface area contributed by atoms with Gasteiger partial charge >= 0.3 is 0 Å². The Hall–Kier alpha value is -2.43. The number of rotatable bonds is 6. The van der Waals surface area contributed by atoms with E-state index in [0.717, 1.165) is 18.5 Å². The third-order valence-electron chi connectivity index (χ3n) is 2.80. The van der Waals surface area contributed by atoms with Crippen molar-refractivity contribution in [2.24, 2.45) is 0 Å². The lowest BCUT2D eigenvalue weighted by Crippen LogP contribution is -2.25. The average Bonchev–Trinajstić information content (AvgIpc) is 2.49. The van der Waals surface area contributed by atoms with E-state index in [0.29, 0.717) is 17.9 Å². The van der Waals surface area contributed by atoms with Gasteiger partial charge in [0, 0.05) is 37.2 Å². The highest BCUT2D eigenvalue weighted by molar-refractivity contribution is 5.94. The molecule has 0 unspecified atom stereocenters. The van der Waals surface area contributed by atoms with Gasteiger partial charge in [-0.2, -0.15) is 0 Å². The fraction of sp³-hybridized carbons (Fsp3) is 0.267. The number of amides is 1. The molecule has 2 rings (SSSR count). The van der Waals surface area contributed by atoms with Crippen LogP contribution in [0.3, 0.4) is 0 Å². The normalized spacial score (nSPS) is 10.1.